The number of hydrogen-bond donors (Lipinski definition) is 2. The molecule has 3 N–H and O–H groups in total. The van der Waals surface area contributed by atoms with Crippen LogP contribution in [0.1, 0.15) is 13.3 Å². The summed E-state index contributed by atoms with van der Waals surface area (Å²) in [5.41, 5.74) is 6.07. The van der Waals surface area contributed by atoms with Crippen LogP contribution in [-0.2, 0) is 0 Å². The third-order valence-electron chi connectivity index (χ3n) is 2.12. The number of nitro groups is 1. The normalized spacial score (nSPS) is 10.0. The van der Waals surface area contributed by atoms with Crippen molar-refractivity contribution in [2.45, 2.75) is 13.3 Å². The average Bonchev–Trinajstić information content (AvgIpc) is 2.29. The van der Waals surface area contributed by atoms with Gasteiger partial charge in [-0.2, -0.15) is 0 Å². The molecule has 0 bridgehead atoms. The summed E-state index contributed by atoms with van der Waals surface area (Å²) in [6.07, 6.45) is 0.812. The van der Waals surface area contributed by atoms with Gasteiger partial charge in [0, 0.05) is 24.4 Å². The van der Waals surface area contributed by atoms with Gasteiger partial charge in [0.1, 0.15) is 5.75 Å². The predicted octanol–water partition coefficient (Wildman–Crippen LogP) is 1.75. The SMILES string of the molecule is CCOc1cc(NCCCN)cc([N+](=O)[O-])c1. The molecule has 0 radical (unpaired) electrons. The maximum atomic E-state index is 10.7. The quantitative estimate of drug-likeness (QED) is 0.430. The van der Waals surface area contributed by atoms with Crippen molar-refractivity contribution in [3.8, 4) is 5.75 Å². The second-order valence-electron chi connectivity index (χ2n) is 3.47. The Bertz CT molecular complexity index is 382. The largest absolute Gasteiger partial charge is 0.494 e. The summed E-state index contributed by atoms with van der Waals surface area (Å²) in [4.78, 5) is 10.3. The van der Waals surface area contributed by atoms with E-state index in [4.69, 9.17) is 10.5 Å². The number of rotatable bonds is 7. The van der Waals surface area contributed by atoms with Gasteiger partial charge in [-0.3, -0.25) is 10.1 Å². The smallest absolute Gasteiger partial charge is 0.275 e. The van der Waals surface area contributed by atoms with Crippen LogP contribution in [0.15, 0.2) is 18.2 Å². The zero-order valence-electron chi connectivity index (χ0n) is 9.81. The van der Waals surface area contributed by atoms with Gasteiger partial charge in [-0.15, -0.1) is 0 Å². The van der Waals surface area contributed by atoms with Gasteiger partial charge >= 0.3 is 0 Å². The number of anilines is 1. The number of nitro benzene ring substituents is 1. The number of non-ortho nitro benzene ring substituents is 1. The van der Waals surface area contributed by atoms with Crippen LogP contribution < -0.4 is 15.8 Å². The van der Waals surface area contributed by atoms with Crippen molar-refractivity contribution in [2.24, 2.45) is 5.73 Å². The van der Waals surface area contributed by atoms with Crippen LogP contribution in [0.5, 0.6) is 5.75 Å². The predicted molar refractivity (Wildman–Crippen MR) is 66.4 cm³/mol. The van der Waals surface area contributed by atoms with Crippen LogP contribution in [-0.4, -0.2) is 24.6 Å². The Balaban J connectivity index is 2.83. The highest BCUT2D eigenvalue weighted by Gasteiger charge is 2.10. The van der Waals surface area contributed by atoms with Crippen molar-refractivity contribution in [3.05, 3.63) is 28.3 Å². The number of benzene rings is 1. The van der Waals surface area contributed by atoms with E-state index in [0.29, 0.717) is 31.1 Å². The lowest BCUT2D eigenvalue weighted by atomic mass is 10.2. The summed E-state index contributed by atoms with van der Waals surface area (Å²) < 4.78 is 5.27. The van der Waals surface area contributed by atoms with Crippen molar-refractivity contribution in [2.75, 3.05) is 25.0 Å². The maximum Gasteiger partial charge on any atom is 0.275 e. The molecule has 1 aromatic rings. The van der Waals surface area contributed by atoms with Gasteiger partial charge in [-0.1, -0.05) is 0 Å². The van der Waals surface area contributed by atoms with E-state index in [9.17, 15) is 10.1 Å². The molecule has 0 atom stereocenters. The summed E-state index contributed by atoms with van der Waals surface area (Å²) in [6, 6.07) is 4.64. The molecule has 0 spiro atoms. The minimum absolute atomic E-state index is 0.0196. The molecule has 94 valence electrons. The van der Waals surface area contributed by atoms with E-state index >= 15 is 0 Å². The fraction of sp³-hybridized carbons (Fsp3) is 0.455. The van der Waals surface area contributed by atoms with Gasteiger partial charge in [0.2, 0.25) is 0 Å². The first-order valence-electron chi connectivity index (χ1n) is 5.53. The van der Waals surface area contributed by atoms with Crippen LogP contribution in [0, 0.1) is 10.1 Å². The number of hydrogen-bond acceptors (Lipinski definition) is 5. The molecule has 0 unspecified atom stereocenters. The van der Waals surface area contributed by atoms with E-state index in [1.165, 1.54) is 12.1 Å². The van der Waals surface area contributed by atoms with Crippen LogP contribution in [0.4, 0.5) is 11.4 Å². The van der Waals surface area contributed by atoms with Crippen LogP contribution in [0.25, 0.3) is 0 Å². The zero-order valence-corrected chi connectivity index (χ0v) is 9.81. The van der Waals surface area contributed by atoms with Crippen molar-refractivity contribution in [3.63, 3.8) is 0 Å². The Morgan fingerprint density at radius 2 is 2.24 bits per heavy atom. The lowest BCUT2D eigenvalue weighted by Gasteiger charge is -2.08. The first-order valence-corrected chi connectivity index (χ1v) is 5.53. The van der Waals surface area contributed by atoms with E-state index in [-0.39, 0.29) is 5.69 Å². The fourth-order valence-electron chi connectivity index (χ4n) is 1.38. The number of nitrogens with one attached hydrogen (secondary N) is 1. The zero-order chi connectivity index (χ0) is 12.7. The Hall–Kier alpha value is -1.82. The van der Waals surface area contributed by atoms with Gasteiger partial charge in [-0.05, 0) is 19.9 Å². The third kappa shape index (κ3) is 4.28. The summed E-state index contributed by atoms with van der Waals surface area (Å²) in [6.45, 7) is 3.58. The molecule has 0 aliphatic heterocycles. The highest BCUT2D eigenvalue weighted by atomic mass is 16.6. The summed E-state index contributed by atoms with van der Waals surface area (Å²) in [7, 11) is 0. The van der Waals surface area contributed by atoms with Crippen LogP contribution >= 0.6 is 0 Å². The molecule has 0 aromatic heterocycles. The Morgan fingerprint density at radius 1 is 1.47 bits per heavy atom. The molecule has 0 saturated carbocycles. The Labute approximate surface area is 99.9 Å². The van der Waals surface area contributed by atoms with Crippen molar-refractivity contribution >= 4 is 11.4 Å². The Kier molecular flexibility index (Phi) is 5.22. The van der Waals surface area contributed by atoms with E-state index < -0.39 is 4.92 Å². The molecule has 0 saturated heterocycles. The topological polar surface area (TPSA) is 90.4 Å². The third-order valence-corrected chi connectivity index (χ3v) is 2.12. The van der Waals surface area contributed by atoms with Gasteiger partial charge in [-0.25, -0.2) is 0 Å². The summed E-state index contributed by atoms with van der Waals surface area (Å²) in [5.74, 6) is 0.497. The molecule has 0 heterocycles. The number of nitrogens with two attached hydrogens (primary N) is 1. The summed E-state index contributed by atoms with van der Waals surface area (Å²) in [5, 5.41) is 13.8. The average molecular weight is 239 g/mol. The molecular weight excluding hydrogens is 222 g/mol. The molecular formula is C11H17N3O3. The maximum absolute atomic E-state index is 10.7. The first-order chi connectivity index (χ1) is 8.17. The minimum atomic E-state index is -0.434. The van der Waals surface area contributed by atoms with Gasteiger partial charge in [0.05, 0.1) is 17.6 Å². The Morgan fingerprint density at radius 3 is 2.82 bits per heavy atom. The van der Waals surface area contributed by atoms with Gasteiger partial charge in [0.25, 0.3) is 5.69 Å². The molecule has 6 nitrogen and oxygen atoms in total. The number of ether oxygens (including phenoxy) is 1. The van der Waals surface area contributed by atoms with Gasteiger partial charge < -0.3 is 15.8 Å². The van der Waals surface area contributed by atoms with Crippen molar-refractivity contribution in [1.29, 1.82) is 0 Å². The standard InChI is InChI=1S/C11H17N3O3/c1-2-17-11-7-9(13-5-3-4-12)6-10(8-11)14(15)16/h6-8,13H,2-5,12H2,1H3. The molecule has 1 rings (SSSR count). The van der Waals surface area contributed by atoms with Crippen LogP contribution in [0.3, 0.4) is 0 Å². The monoisotopic (exact) mass is 239 g/mol. The molecule has 0 amide bonds. The molecule has 0 aliphatic carbocycles. The fourth-order valence-corrected chi connectivity index (χ4v) is 1.38. The number of nitrogens with zero attached hydrogens (tertiary/aromatic N) is 1. The summed E-state index contributed by atoms with van der Waals surface area (Å²) >= 11 is 0. The second kappa shape index (κ2) is 6.70. The molecule has 0 aliphatic rings. The molecule has 17 heavy (non-hydrogen) atoms. The van der Waals surface area contributed by atoms with Gasteiger partial charge in [0.15, 0.2) is 0 Å². The minimum Gasteiger partial charge on any atom is -0.494 e. The lowest BCUT2D eigenvalue weighted by molar-refractivity contribution is -0.384. The van der Waals surface area contributed by atoms with Crippen molar-refractivity contribution < 1.29 is 9.66 Å². The van der Waals surface area contributed by atoms with Crippen LogP contribution in [0.2, 0.25) is 0 Å². The molecule has 0 fully saturated rings. The highest BCUT2D eigenvalue weighted by Crippen LogP contribution is 2.25. The van der Waals surface area contributed by atoms with Crippen molar-refractivity contribution in [1.82, 2.24) is 0 Å². The van der Waals surface area contributed by atoms with E-state index in [2.05, 4.69) is 5.32 Å². The molecule has 6 heteroatoms. The first kappa shape index (κ1) is 13.2. The second-order valence-corrected chi connectivity index (χ2v) is 3.47. The lowest BCUT2D eigenvalue weighted by Crippen LogP contribution is -2.08. The molecule has 1 aromatic carbocycles. The van der Waals surface area contributed by atoms with E-state index in [1.807, 2.05) is 6.92 Å². The highest BCUT2D eigenvalue weighted by molar-refractivity contribution is 5.56. The van der Waals surface area contributed by atoms with E-state index in [0.717, 1.165) is 6.42 Å². The van der Waals surface area contributed by atoms with E-state index in [1.54, 1.807) is 6.07 Å².